The molecule has 1 unspecified atom stereocenters. The van der Waals surface area contributed by atoms with Crippen molar-refractivity contribution < 1.29 is 28.3 Å². The normalized spacial score (nSPS) is 13.1. The summed E-state index contributed by atoms with van der Waals surface area (Å²) in [6.45, 7) is 3.65. The lowest BCUT2D eigenvalue weighted by Crippen LogP contribution is -2.27. The minimum atomic E-state index is -3.37. The van der Waals surface area contributed by atoms with E-state index >= 15 is 0 Å². The number of methoxy groups -OCH3 is 1. The van der Waals surface area contributed by atoms with Crippen LogP contribution >= 0.6 is 7.60 Å². The van der Waals surface area contributed by atoms with Crippen molar-refractivity contribution in [2.75, 3.05) is 38.8 Å². The molecule has 2 heterocycles. The average Bonchev–Trinajstić information content (AvgIpc) is 2.95. The summed E-state index contributed by atoms with van der Waals surface area (Å²) in [7, 11) is -1.94. The van der Waals surface area contributed by atoms with Gasteiger partial charge >= 0.3 is 7.60 Å². The minimum absolute atomic E-state index is 0.00700. The fourth-order valence-corrected chi connectivity index (χ4v) is 3.81. The highest BCUT2D eigenvalue weighted by molar-refractivity contribution is 7.53. The summed E-state index contributed by atoms with van der Waals surface area (Å²) < 4.78 is 29.0. The van der Waals surface area contributed by atoms with Crippen LogP contribution < -0.4 is 15.3 Å². The van der Waals surface area contributed by atoms with Crippen LogP contribution in [0.15, 0.2) is 6.33 Å². The lowest BCUT2D eigenvalue weighted by atomic mass is 10.4. The van der Waals surface area contributed by atoms with Gasteiger partial charge in [-0.25, -0.2) is 4.98 Å². The molecule has 25 heavy (non-hydrogen) atoms. The Morgan fingerprint density at radius 1 is 1.32 bits per heavy atom. The topological polar surface area (TPSA) is 144 Å². The summed E-state index contributed by atoms with van der Waals surface area (Å²) in [5.41, 5.74) is 6.26. The van der Waals surface area contributed by atoms with Crippen molar-refractivity contribution in [3.63, 3.8) is 0 Å². The zero-order chi connectivity index (χ0) is 18.4. The van der Waals surface area contributed by atoms with Gasteiger partial charge in [-0.15, -0.1) is 0 Å². The van der Waals surface area contributed by atoms with Crippen molar-refractivity contribution in [3.05, 3.63) is 6.33 Å². The van der Waals surface area contributed by atoms with Crippen LogP contribution in [0.5, 0.6) is 5.88 Å². The summed E-state index contributed by atoms with van der Waals surface area (Å²) in [5.74, 6) is 0.204. The van der Waals surface area contributed by atoms with Gasteiger partial charge in [0.1, 0.15) is 19.0 Å². The van der Waals surface area contributed by atoms with E-state index in [9.17, 15) is 9.67 Å². The number of aliphatic hydroxyl groups excluding tert-OH is 1. The number of fused-ring (bicyclic) bond motifs is 1. The molecule has 0 radical (unpaired) electrons. The molecule has 11 nitrogen and oxygen atoms in total. The standard InChI is InChI=1S/C13H22N5O6P/c1-4-23-25(20,24-5-2)7-9(19)6-22-18-8-15-10-11(18)16-13(14)17-12(10)21-3/h8-9,19H,4-7H2,1-3H3,(H2,14,16,17). The van der Waals surface area contributed by atoms with E-state index in [-0.39, 0.29) is 43.5 Å². The summed E-state index contributed by atoms with van der Waals surface area (Å²) in [6.07, 6.45) is 0.0722. The van der Waals surface area contributed by atoms with E-state index in [1.165, 1.54) is 18.2 Å². The van der Waals surface area contributed by atoms with Crippen LogP contribution in [0.2, 0.25) is 0 Å². The number of anilines is 1. The average molecular weight is 375 g/mol. The Morgan fingerprint density at radius 2 is 2.00 bits per heavy atom. The van der Waals surface area contributed by atoms with Gasteiger partial charge < -0.3 is 29.5 Å². The molecule has 12 heteroatoms. The summed E-state index contributed by atoms with van der Waals surface area (Å²) in [5, 5.41) is 10.1. The van der Waals surface area contributed by atoms with Crippen molar-refractivity contribution in [1.82, 2.24) is 19.7 Å². The molecule has 0 amide bonds. The van der Waals surface area contributed by atoms with Crippen LogP contribution in [0.25, 0.3) is 11.2 Å². The highest BCUT2D eigenvalue weighted by Gasteiger charge is 2.28. The Labute approximate surface area is 144 Å². The molecule has 3 N–H and O–H groups in total. The number of nitrogens with zero attached hydrogens (tertiary/aromatic N) is 4. The SMILES string of the molecule is CCOP(=O)(CC(O)COn1cnc2c(OC)nc(N)nc21)OCC. The van der Waals surface area contributed by atoms with Crippen molar-refractivity contribution in [2.24, 2.45) is 0 Å². The first-order chi connectivity index (χ1) is 11.9. The number of aliphatic hydroxyl groups is 1. The number of aromatic nitrogens is 4. The molecule has 0 aliphatic heterocycles. The predicted molar refractivity (Wildman–Crippen MR) is 89.5 cm³/mol. The Balaban J connectivity index is 2.07. The van der Waals surface area contributed by atoms with Gasteiger partial charge in [0, 0.05) is 0 Å². The first-order valence-electron chi connectivity index (χ1n) is 7.66. The number of nitrogens with two attached hydrogens (primary N) is 1. The maximum atomic E-state index is 12.4. The second-order valence-electron chi connectivity index (χ2n) is 4.91. The fraction of sp³-hybridized carbons (Fsp3) is 0.615. The molecule has 0 aromatic carbocycles. The molecule has 0 aliphatic carbocycles. The van der Waals surface area contributed by atoms with Crippen LogP contribution in [-0.2, 0) is 13.6 Å². The molecule has 0 fully saturated rings. The van der Waals surface area contributed by atoms with Gasteiger partial charge in [0.15, 0.2) is 5.52 Å². The van der Waals surface area contributed by atoms with Crippen molar-refractivity contribution >= 4 is 24.7 Å². The summed E-state index contributed by atoms with van der Waals surface area (Å²) in [4.78, 5) is 17.5. The molecule has 140 valence electrons. The van der Waals surface area contributed by atoms with E-state index in [0.717, 1.165) is 0 Å². The van der Waals surface area contributed by atoms with Crippen molar-refractivity contribution in [3.8, 4) is 5.88 Å². The zero-order valence-electron chi connectivity index (χ0n) is 14.3. The van der Waals surface area contributed by atoms with E-state index < -0.39 is 13.7 Å². The number of nitrogen functional groups attached to an aromatic ring is 1. The maximum absolute atomic E-state index is 12.4. The van der Waals surface area contributed by atoms with Crippen LogP contribution in [-0.4, -0.2) is 64.0 Å². The highest BCUT2D eigenvalue weighted by Crippen LogP contribution is 2.48. The predicted octanol–water partition coefficient (Wildman–Crippen LogP) is 0.473. The number of rotatable bonds is 10. The second kappa shape index (κ2) is 8.43. The number of hydrogen-bond donors (Lipinski definition) is 2. The Bertz CT molecular complexity index is 744. The smallest absolute Gasteiger partial charge is 0.333 e. The van der Waals surface area contributed by atoms with Gasteiger partial charge in [0.05, 0.1) is 26.5 Å². The molecule has 2 rings (SSSR count). The third-order valence-corrected chi connectivity index (χ3v) is 5.21. The number of imidazole rings is 1. The van der Waals surface area contributed by atoms with E-state index in [0.29, 0.717) is 5.52 Å². The van der Waals surface area contributed by atoms with Crippen molar-refractivity contribution in [1.29, 1.82) is 0 Å². The number of hydrogen-bond acceptors (Lipinski definition) is 10. The Hall–Kier alpha value is -1.94. The molecule has 0 saturated carbocycles. The monoisotopic (exact) mass is 375 g/mol. The van der Waals surface area contributed by atoms with Crippen LogP contribution in [0.4, 0.5) is 5.95 Å². The minimum Gasteiger partial charge on any atom is -0.479 e. The van der Waals surface area contributed by atoms with E-state index in [1.54, 1.807) is 13.8 Å². The van der Waals surface area contributed by atoms with Gasteiger partial charge in [-0.1, -0.05) is 0 Å². The molecule has 2 aromatic heterocycles. The lowest BCUT2D eigenvalue weighted by molar-refractivity contribution is 0.0372. The molecular formula is C13H22N5O6P. The molecule has 2 aromatic rings. The van der Waals surface area contributed by atoms with Gasteiger partial charge in [0.2, 0.25) is 17.5 Å². The van der Waals surface area contributed by atoms with Gasteiger partial charge in [-0.3, -0.25) is 4.57 Å². The zero-order valence-corrected chi connectivity index (χ0v) is 15.2. The first kappa shape index (κ1) is 19.4. The van der Waals surface area contributed by atoms with E-state index in [1.807, 2.05) is 0 Å². The van der Waals surface area contributed by atoms with E-state index in [4.69, 9.17) is 24.4 Å². The molecule has 0 saturated heterocycles. The van der Waals surface area contributed by atoms with E-state index in [2.05, 4.69) is 15.0 Å². The molecule has 0 bridgehead atoms. The maximum Gasteiger partial charge on any atom is 0.333 e. The van der Waals surface area contributed by atoms with Gasteiger partial charge in [-0.05, 0) is 13.8 Å². The van der Waals surface area contributed by atoms with Crippen LogP contribution in [0.1, 0.15) is 13.8 Å². The molecule has 0 spiro atoms. The highest BCUT2D eigenvalue weighted by atomic mass is 31.2. The summed E-state index contributed by atoms with van der Waals surface area (Å²) >= 11 is 0. The largest absolute Gasteiger partial charge is 0.479 e. The van der Waals surface area contributed by atoms with Crippen LogP contribution in [0, 0.1) is 0 Å². The van der Waals surface area contributed by atoms with Crippen molar-refractivity contribution in [2.45, 2.75) is 20.0 Å². The Morgan fingerprint density at radius 3 is 2.60 bits per heavy atom. The summed E-state index contributed by atoms with van der Waals surface area (Å²) in [6, 6.07) is 0. The number of ether oxygens (including phenoxy) is 1. The van der Waals surface area contributed by atoms with Gasteiger partial charge in [0.25, 0.3) is 0 Å². The lowest BCUT2D eigenvalue weighted by Gasteiger charge is -2.20. The Kier molecular flexibility index (Phi) is 6.54. The third-order valence-electron chi connectivity index (χ3n) is 3.04. The van der Waals surface area contributed by atoms with Crippen LogP contribution in [0.3, 0.4) is 0 Å². The molecular weight excluding hydrogens is 353 g/mol. The second-order valence-corrected chi connectivity index (χ2v) is 7.02. The third kappa shape index (κ3) is 4.79. The fourth-order valence-electron chi connectivity index (χ4n) is 2.12. The van der Waals surface area contributed by atoms with Gasteiger partial charge in [-0.2, -0.15) is 14.7 Å². The quantitative estimate of drug-likeness (QED) is 0.562. The molecule has 0 aliphatic rings. The first-order valence-corrected chi connectivity index (χ1v) is 9.39. The molecule has 1 atom stereocenters.